The minimum atomic E-state index is -4.55. The largest absolute Gasteiger partial charge is 0.492 e. The van der Waals surface area contributed by atoms with Crippen molar-refractivity contribution < 1.29 is 17.9 Å². The molecule has 3 rings (SSSR count). The number of benzene rings is 2. The predicted octanol–water partition coefficient (Wildman–Crippen LogP) is 4.97. The Labute approximate surface area is 165 Å². The van der Waals surface area contributed by atoms with E-state index in [2.05, 4.69) is 5.10 Å². The zero-order chi connectivity index (χ0) is 18.7. The lowest BCUT2D eigenvalue weighted by Crippen LogP contribution is -2.10. The molecule has 0 spiro atoms. The van der Waals surface area contributed by atoms with Crippen LogP contribution in [0.2, 0.25) is 5.02 Å². The summed E-state index contributed by atoms with van der Waals surface area (Å²) in [4.78, 5) is 0. The first-order chi connectivity index (χ1) is 12.4. The summed E-state index contributed by atoms with van der Waals surface area (Å²) >= 11 is 5.86. The lowest BCUT2D eigenvalue weighted by molar-refractivity contribution is -0.141. The van der Waals surface area contributed by atoms with Crippen molar-refractivity contribution in [2.75, 3.05) is 13.2 Å². The molecule has 0 saturated heterocycles. The first kappa shape index (κ1) is 21.1. The van der Waals surface area contributed by atoms with E-state index in [1.54, 1.807) is 48.5 Å². The Morgan fingerprint density at radius 1 is 1.04 bits per heavy atom. The van der Waals surface area contributed by atoms with Crippen molar-refractivity contribution in [3.05, 3.63) is 65.3 Å². The van der Waals surface area contributed by atoms with Crippen LogP contribution in [0.25, 0.3) is 16.9 Å². The van der Waals surface area contributed by atoms with E-state index in [4.69, 9.17) is 22.1 Å². The molecule has 1 aromatic heterocycles. The van der Waals surface area contributed by atoms with Crippen molar-refractivity contribution in [2.45, 2.75) is 6.18 Å². The van der Waals surface area contributed by atoms with Crippen molar-refractivity contribution in [2.24, 2.45) is 5.73 Å². The lowest BCUT2D eigenvalue weighted by atomic mass is 10.1. The third kappa shape index (κ3) is 4.94. The van der Waals surface area contributed by atoms with Gasteiger partial charge in [-0.3, -0.25) is 0 Å². The molecule has 2 N–H and O–H groups in total. The second-order valence-corrected chi connectivity index (χ2v) is 5.90. The van der Waals surface area contributed by atoms with Crippen LogP contribution < -0.4 is 10.5 Å². The average molecular weight is 418 g/mol. The summed E-state index contributed by atoms with van der Waals surface area (Å²) < 4.78 is 46.1. The van der Waals surface area contributed by atoms with E-state index >= 15 is 0 Å². The molecule has 3 aromatic rings. The topological polar surface area (TPSA) is 53.1 Å². The number of nitrogens with zero attached hydrogens (tertiary/aromatic N) is 2. The molecule has 0 aliphatic rings. The van der Waals surface area contributed by atoms with Crippen LogP contribution in [0.3, 0.4) is 0 Å². The Balaban J connectivity index is 0.00000261. The van der Waals surface area contributed by atoms with Crippen LogP contribution in [-0.2, 0) is 6.18 Å². The number of nitrogens with two attached hydrogens (primary N) is 1. The fourth-order valence-electron chi connectivity index (χ4n) is 2.40. The maximum absolute atomic E-state index is 13.2. The maximum Gasteiger partial charge on any atom is 0.435 e. The molecule has 0 aliphatic heterocycles. The van der Waals surface area contributed by atoms with E-state index < -0.39 is 11.9 Å². The highest BCUT2D eigenvalue weighted by atomic mass is 35.5. The fraction of sp³-hybridized carbons (Fsp3) is 0.167. The quantitative estimate of drug-likeness (QED) is 0.637. The summed E-state index contributed by atoms with van der Waals surface area (Å²) in [5.74, 6) is 0.591. The van der Waals surface area contributed by atoms with Gasteiger partial charge in [-0.25, -0.2) is 4.68 Å². The van der Waals surface area contributed by atoms with E-state index in [9.17, 15) is 13.2 Å². The molecule has 2 aromatic carbocycles. The number of rotatable bonds is 5. The SMILES string of the molecule is Cl.NCCOc1ccc(-c2cc(C(F)(F)F)nn2-c2ccc(Cl)cc2)cc1. The smallest absolute Gasteiger partial charge is 0.435 e. The minimum absolute atomic E-state index is 0. The summed E-state index contributed by atoms with van der Waals surface area (Å²) in [7, 11) is 0. The molecule has 0 atom stereocenters. The molecular formula is C18H16Cl2F3N3O. The van der Waals surface area contributed by atoms with Crippen LogP contribution in [0.5, 0.6) is 5.75 Å². The number of hydrogen-bond acceptors (Lipinski definition) is 3. The van der Waals surface area contributed by atoms with Gasteiger partial charge in [0, 0.05) is 17.1 Å². The summed E-state index contributed by atoms with van der Waals surface area (Å²) in [5.41, 5.74) is 5.77. The van der Waals surface area contributed by atoms with Gasteiger partial charge >= 0.3 is 6.18 Å². The Hall–Kier alpha value is -2.22. The lowest BCUT2D eigenvalue weighted by Gasteiger charge is -2.09. The highest BCUT2D eigenvalue weighted by Gasteiger charge is 2.35. The van der Waals surface area contributed by atoms with E-state index in [-0.39, 0.29) is 12.4 Å². The minimum Gasteiger partial charge on any atom is -0.492 e. The van der Waals surface area contributed by atoms with E-state index in [1.807, 2.05) is 0 Å². The number of aromatic nitrogens is 2. The Morgan fingerprint density at radius 2 is 1.67 bits per heavy atom. The van der Waals surface area contributed by atoms with E-state index in [1.165, 1.54) is 4.68 Å². The van der Waals surface area contributed by atoms with Crippen molar-refractivity contribution >= 4 is 24.0 Å². The van der Waals surface area contributed by atoms with Crippen LogP contribution in [0.1, 0.15) is 5.69 Å². The summed E-state index contributed by atoms with van der Waals surface area (Å²) in [6, 6.07) is 14.1. The van der Waals surface area contributed by atoms with Crippen LogP contribution >= 0.6 is 24.0 Å². The van der Waals surface area contributed by atoms with Gasteiger partial charge in [-0.2, -0.15) is 18.3 Å². The predicted molar refractivity (Wildman–Crippen MR) is 101 cm³/mol. The normalized spacial score (nSPS) is 11.1. The molecule has 27 heavy (non-hydrogen) atoms. The third-order valence-electron chi connectivity index (χ3n) is 3.61. The Bertz CT molecular complexity index is 878. The molecule has 1 heterocycles. The summed E-state index contributed by atoms with van der Waals surface area (Å²) in [6.45, 7) is 0.736. The standard InChI is InChI=1S/C18H15ClF3N3O.ClH/c19-13-3-5-14(6-4-13)25-16(11-17(24-25)18(20,21)22)12-1-7-15(8-2-12)26-10-9-23;/h1-8,11H,9-10,23H2;1H. The third-order valence-corrected chi connectivity index (χ3v) is 3.86. The van der Waals surface area contributed by atoms with Gasteiger partial charge in [-0.1, -0.05) is 11.6 Å². The van der Waals surface area contributed by atoms with Gasteiger partial charge in [-0.05, 0) is 54.6 Å². The van der Waals surface area contributed by atoms with Crippen molar-refractivity contribution in [3.63, 3.8) is 0 Å². The van der Waals surface area contributed by atoms with E-state index in [0.717, 1.165) is 6.07 Å². The van der Waals surface area contributed by atoms with Crippen LogP contribution in [0, 0.1) is 0 Å². The van der Waals surface area contributed by atoms with Crippen LogP contribution in [0.15, 0.2) is 54.6 Å². The van der Waals surface area contributed by atoms with Crippen molar-refractivity contribution in [1.29, 1.82) is 0 Å². The zero-order valence-corrected chi connectivity index (χ0v) is 15.5. The molecule has 0 radical (unpaired) electrons. The van der Waals surface area contributed by atoms with E-state index in [0.29, 0.717) is 40.9 Å². The van der Waals surface area contributed by atoms with Gasteiger partial charge in [-0.15, -0.1) is 12.4 Å². The van der Waals surface area contributed by atoms with Gasteiger partial charge in [0.05, 0.1) is 11.4 Å². The Kier molecular flexibility index (Phi) is 6.75. The first-order valence-electron chi connectivity index (χ1n) is 7.75. The molecule has 0 fully saturated rings. The second kappa shape index (κ2) is 8.65. The van der Waals surface area contributed by atoms with Gasteiger partial charge in [0.25, 0.3) is 0 Å². The molecule has 9 heteroatoms. The first-order valence-corrected chi connectivity index (χ1v) is 8.13. The number of ether oxygens (including phenoxy) is 1. The Morgan fingerprint density at radius 3 is 2.22 bits per heavy atom. The molecular weight excluding hydrogens is 402 g/mol. The van der Waals surface area contributed by atoms with Crippen molar-refractivity contribution in [3.8, 4) is 22.7 Å². The highest BCUT2D eigenvalue weighted by Crippen LogP contribution is 2.33. The number of alkyl halides is 3. The van der Waals surface area contributed by atoms with Crippen LogP contribution in [-0.4, -0.2) is 22.9 Å². The average Bonchev–Trinajstić information content (AvgIpc) is 3.07. The zero-order valence-electron chi connectivity index (χ0n) is 13.9. The number of halogens is 5. The molecule has 0 aliphatic carbocycles. The van der Waals surface area contributed by atoms with Gasteiger partial charge in [0.1, 0.15) is 12.4 Å². The second-order valence-electron chi connectivity index (χ2n) is 5.46. The fourth-order valence-corrected chi connectivity index (χ4v) is 2.53. The molecule has 144 valence electrons. The summed E-state index contributed by atoms with van der Waals surface area (Å²) in [5, 5.41) is 4.22. The summed E-state index contributed by atoms with van der Waals surface area (Å²) in [6.07, 6.45) is -4.55. The van der Waals surface area contributed by atoms with Crippen LogP contribution in [0.4, 0.5) is 13.2 Å². The molecule has 0 amide bonds. The molecule has 4 nitrogen and oxygen atoms in total. The van der Waals surface area contributed by atoms with Crippen molar-refractivity contribution in [1.82, 2.24) is 9.78 Å². The van der Waals surface area contributed by atoms with Gasteiger partial charge in [0.2, 0.25) is 0 Å². The maximum atomic E-state index is 13.2. The van der Waals surface area contributed by atoms with Gasteiger partial charge in [0.15, 0.2) is 5.69 Å². The highest BCUT2D eigenvalue weighted by molar-refractivity contribution is 6.30. The number of hydrogen-bond donors (Lipinski definition) is 1. The monoisotopic (exact) mass is 417 g/mol. The molecule has 0 bridgehead atoms. The molecule has 0 unspecified atom stereocenters. The molecule has 0 saturated carbocycles. The van der Waals surface area contributed by atoms with Gasteiger partial charge < -0.3 is 10.5 Å².